The average Bonchev–Trinajstić information content (AvgIpc) is 2.23. The number of hydrogen-bond acceptors (Lipinski definition) is 2. The van der Waals surface area contributed by atoms with Gasteiger partial charge in [-0.1, -0.05) is 11.6 Å². The Morgan fingerprint density at radius 1 is 1.07 bits per heavy atom. The summed E-state index contributed by atoms with van der Waals surface area (Å²) in [6.07, 6.45) is 2.45. The second kappa shape index (κ2) is 3.90. The van der Waals surface area contributed by atoms with Crippen molar-refractivity contribution in [3.05, 3.63) is 47.5 Å². The van der Waals surface area contributed by atoms with Crippen LogP contribution in [0.15, 0.2) is 30.6 Å². The third-order valence-electron chi connectivity index (χ3n) is 1.85. The first-order chi connectivity index (χ1) is 7.18. The molecule has 0 saturated carbocycles. The zero-order valence-electron chi connectivity index (χ0n) is 7.42. The van der Waals surface area contributed by atoms with Crippen molar-refractivity contribution < 1.29 is 8.78 Å². The molecule has 0 aliphatic heterocycles. The Bertz CT molecular complexity index is 503. The predicted molar refractivity (Wildman–Crippen MR) is 52.4 cm³/mol. The van der Waals surface area contributed by atoms with Crippen LogP contribution in [0.2, 0.25) is 5.02 Å². The molecule has 5 heteroatoms. The summed E-state index contributed by atoms with van der Waals surface area (Å²) in [5, 5.41) is 0.245. The molecule has 0 atom stereocenters. The molecule has 0 fully saturated rings. The Morgan fingerprint density at radius 3 is 2.53 bits per heavy atom. The van der Waals surface area contributed by atoms with Gasteiger partial charge in [-0.3, -0.25) is 0 Å². The molecule has 2 aromatic heterocycles. The van der Waals surface area contributed by atoms with E-state index in [0.29, 0.717) is 0 Å². The molecule has 0 aromatic carbocycles. The third-order valence-corrected chi connectivity index (χ3v) is 2.06. The van der Waals surface area contributed by atoms with Crippen LogP contribution in [0, 0.1) is 11.9 Å². The normalized spacial score (nSPS) is 10.3. The Morgan fingerprint density at radius 2 is 1.80 bits per heavy atom. The van der Waals surface area contributed by atoms with Gasteiger partial charge < -0.3 is 0 Å². The fourth-order valence-electron chi connectivity index (χ4n) is 1.20. The lowest BCUT2D eigenvalue weighted by atomic mass is 10.1. The van der Waals surface area contributed by atoms with Crippen LogP contribution in [0.1, 0.15) is 0 Å². The molecular weight excluding hydrogens is 222 g/mol. The SMILES string of the molecule is Fc1ncccc1-c1cc(Cl)cnc1F. The van der Waals surface area contributed by atoms with E-state index in [0.717, 1.165) is 6.20 Å². The van der Waals surface area contributed by atoms with E-state index >= 15 is 0 Å². The van der Waals surface area contributed by atoms with Gasteiger partial charge >= 0.3 is 0 Å². The molecule has 0 spiro atoms. The van der Waals surface area contributed by atoms with Crippen molar-refractivity contribution in [3.63, 3.8) is 0 Å². The zero-order valence-corrected chi connectivity index (χ0v) is 8.17. The van der Waals surface area contributed by atoms with Crippen LogP contribution in [0.3, 0.4) is 0 Å². The summed E-state index contributed by atoms with van der Waals surface area (Å²) >= 11 is 5.65. The number of aromatic nitrogens is 2. The van der Waals surface area contributed by atoms with Gasteiger partial charge in [0.25, 0.3) is 0 Å². The molecule has 76 valence electrons. The molecule has 0 aliphatic rings. The summed E-state index contributed by atoms with van der Waals surface area (Å²) in [7, 11) is 0. The van der Waals surface area contributed by atoms with Crippen LogP contribution in [-0.2, 0) is 0 Å². The summed E-state index contributed by atoms with van der Waals surface area (Å²) in [6.45, 7) is 0. The largest absolute Gasteiger partial charge is 0.228 e. The van der Waals surface area contributed by atoms with E-state index in [4.69, 9.17) is 11.6 Å². The van der Waals surface area contributed by atoms with Crippen molar-refractivity contribution in [2.75, 3.05) is 0 Å². The standard InChI is InChI=1S/C10H5ClF2N2/c11-6-4-8(10(13)15-5-6)7-2-1-3-14-9(7)12/h1-5H. The lowest BCUT2D eigenvalue weighted by molar-refractivity contribution is 0.572. The first kappa shape index (κ1) is 9.98. The molecule has 0 aliphatic carbocycles. The van der Waals surface area contributed by atoms with Crippen LogP contribution in [0.25, 0.3) is 11.1 Å². The summed E-state index contributed by atoms with van der Waals surface area (Å²) in [4.78, 5) is 6.83. The lowest BCUT2D eigenvalue weighted by Gasteiger charge is -2.03. The van der Waals surface area contributed by atoms with Gasteiger partial charge in [0.2, 0.25) is 11.9 Å². The number of halogens is 3. The number of hydrogen-bond donors (Lipinski definition) is 0. The predicted octanol–water partition coefficient (Wildman–Crippen LogP) is 3.08. The second-order valence-corrected chi connectivity index (χ2v) is 3.27. The fraction of sp³-hybridized carbons (Fsp3) is 0. The summed E-state index contributed by atoms with van der Waals surface area (Å²) in [5.74, 6) is -1.52. The molecule has 2 aromatic rings. The van der Waals surface area contributed by atoms with Gasteiger partial charge in [0.1, 0.15) is 0 Å². The van der Waals surface area contributed by atoms with Gasteiger partial charge in [0, 0.05) is 23.5 Å². The van der Waals surface area contributed by atoms with E-state index in [9.17, 15) is 8.78 Å². The zero-order chi connectivity index (χ0) is 10.8. The monoisotopic (exact) mass is 226 g/mol. The molecule has 15 heavy (non-hydrogen) atoms. The van der Waals surface area contributed by atoms with E-state index in [1.807, 2.05) is 0 Å². The number of rotatable bonds is 1. The van der Waals surface area contributed by atoms with Crippen molar-refractivity contribution >= 4 is 11.6 Å². The molecule has 0 unspecified atom stereocenters. The Hall–Kier alpha value is -1.55. The molecule has 0 amide bonds. The minimum atomic E-state index is -0.772. The topological polar surface area (TPSA) is 25.8 Å². The smallest absolute Gasteiger partial charge is 0.220 e. The highest BCUT2D eigenvalue weighted by Gasteiger charge is 2.11. The van der Waals surface area contributed by atoms with E-state index in [1.54, 1.807) is 0 Å². The number of nitrogens with zero attached hydrogens (tertiary/aromatic N) is 2. The maximum Gasteiger partial charge on any atom is 0.220 e. The minimum absolute atomic E-state index is 0.00750. The van der Waals surface area contributed by atoms with E-state index in [2.05, 4.69) is 9.97 Å². The van der Waals surface area contributed by atoms with E-state index in [-0.39, 0.29) is 16.1 Å². The highest BCUT2D eigenvalue weighted by Crippen LogP contribution is 2.25. The molecule has 2 rings (SSSR count). The van der Waals surface area contributed by atoms with Crippen LogP contribution in [-0.4, -0.2) is 9.97 Å². The fourth-order valence-corrected chi connectivity index (χ4v) is 1.36. The molecule has 2 nitrogen and oxygen atoms in total. The highest BCUT2D eigenvalue weighted by molar-refractivity contribution is 6.30. The van der Waals surface area contributed by atoms with Crippen LogP contribution < -0.4 is 0 Å². The minimum Gasteiger partial charge on any atom is -0.228 e. The maximum absolute atomic E-state index is 13.3. The van der Waals surface area contributed by atoms with E-state index in [1.165, 1.54) is 24.4 Å². The Balaban J connectivity index is 2.64. The molecule has 0 radical (unpaired) electrons. The van der Waals surface area contributed by atoms with Crippen LogP contribution in [0.5, 0.6) is 0 Å². The molecule has 2 heterocycles. The van der Waals surface area contributed by atoms with Crippen molar-refractivity contribution in [2.24, 2.45) is 0 Å². The summed E-state index contributed by atoms with van der Waals surface area (Å²) < 4.78 is 26.5. The quantitative estimate of drug-likeness (QED) is 0.699. The van der Waals surface area contributed by atoms with Crippen molar-refractivity contribution in [1.29, 1.82) is 0 Å². The van der Waals surface area contributed by atoms with Gasteiger partial charge in [-0.2, -0.15) is 8.78 Å². The second-order valence-electron chi connectivity index (χ2n) is 2.83. The summed E-state index contributed by atoms with van der Waals surface area (Å²) in [5.41, 5.74) is 0.0538. The van der Waals surface area contributed by atoms with Gasteiger partial charge in [-0.25, -0.2) is 9.97 Å². The Labute approximate surface area is 89.6 Å². The van der Waals surface area contributed by atoms with Crippen LogP contribution >= 0.6 is 11.6 Å². The van der Waals surface area contributed by atoms with Gasteiger partial charge in [-0.15, -0.1) is 0 Å². The van der Waals surface area contributed by atoms with E-state index < -0.39 is 11.9 Å². The Kier molecular flexibility index (Phi) is 2.60. The van der Waals surface area contributed by atoms with Gasteiger partial charge in [-0.05, 0) is 18.2 Å². The van der Waals surface area contributed by atoms with Gasteiger partial charge in [0.05, 0.1) is 5.02 Å². The van der Waals surface area contributed by atoms with Crippen molar-refractivity contribution in [3.8, 4) is 11.1 Å². The lowest BCUT2D eigenvalue weighted by Crippen LogP contribution is -1.93. The van der Waals surface area contributed by atoms with Crippen LogP contribution in [0.4, 0.5) is 8.78 Å². The molecule has 0 bridgehead atoms. The molecule has 0 N–H and O–H groups in total. The maximum atomic E-state index is 13.3. The first-order valence-corrected chi connectivity index (χ1v) is 4.48. The third kappa shape index (κ3) is 1.94. The molecule has 0 saturated heterocycles. The van der Waals surface area contributed by atoms with Gasteiger partial charge in [0.15, 0.2) is 0 Å². The first-order valence-electron chi connectivity index (χ1n) is 4.10. The highest BCUT2D eigenvalue weighted by atomic mass is 35.5. The molecular formula is C10H5ClF2N2. The summed E-state index contributed by atoms with van der Waals surface area (Å²) in [6, 6.07) is 4.24. The average molecular weight is 227 g/mol. The van der Waals surface area contributed by atoms with Crippen molar-refractivity contribution in [1.82, 2.24) is 9.97 Å². The van der Waals surface area contributed by atoms with Crippen molar-refractivity contribution in [2.45, 2.75) is 0 Å². The number of pyridine rings is 2.